The first kappa shape index (κ1) is 17.6. The van der Waals surface area contributed by atoms with Crippen molar-refractivity contribution in [1.29, 1.82) is 5.26 Å². The van der Waals surface area contributed by atoms with Crippen molar-refractivity contribution < 1.29 is 19.4 Å². The maximum Gasteiger partial charge on any atom is 0.339 e. The SMILES string of the molecule is COC(=O)c1ccccc1NC(=O)/C(C#N)=C\Nc1cccc(O)c1. The van der Waals surface area contributed by atoms with Gasteiger partial charge in [-0.05, 0) is 24.3 Å². The summed E-state index contributed by atoms with van der Waals surface area (Å²) in [4.78, 5) is 24.0. The number of para-hydroxylation sites is 1. The zero-order valence-corrected chi connectivity index (χ0v) is 13.3. The zero-order valence-electron chi connectivity index (χ0n) is 13.3. The minimum Gasteiger partial charge on any atom is -0.508 e. The average Bonchev–Trinajstić information content (AvgIpc) is 2.62. The molecule has 2 aromatic carbocycles. The van der Waals surface area contributed by atoms with Crippen LogP contribution in [0.15, 0.2) is 60.3 Å². The second-order valence-corrected chi connectivity index (χ2v) is 4.86. The lowest BCUT2D eigenvalue weighted by atomic mass is 10.1. The number of esters is 1. The quantitative estimate of drug-likeness (QED) is 0.439. The first-order valence-electron chi connectivity index (χ1n) is 7.19. The Labute approximate surface area is 144 Å². The van der Waals surface area contributed by atoms with Gasteiger partial charge in [0, 0.05) is 18.0 Å². The number of aromatic hydroxyl groups is 1. The van der Waals surface area contributed by atoms with Crippen molar-refractivity contribution in [1.82, 2.24) is 0 Å². The van der Waals surface area contributed by atoms with Crippen LogP contribution in [-0.2, 0) is 9.53 Å². The standard InChI is InChI=1S/C18H15N3O4/c1-25-18(24)15-7-2-3-8-16(15)21-17(23)12(10-19)11-20-13-5-4-6-14(22)9-13/h2-9,11,20,22H,1H3,(H,21,23)/b12-11-. The van der Waals surface area contributed by atoms with Crippen molar-refractivity contribution in [2.24, 2.45) is 0 Å². The largest absolute Gasteiger partial charge is 0.508 e. The predicted octanol–water partition coefficient (Wildman–Crippen LogP) is 2.64. The summed E-state index contributed by atoms with van der Waals surface area (Å²) in [7, 11) is 1.24. The van der Waals surface area contributed by atoms with Gasteiger partial charge in [0.25, 0.3) is 5.91 Å². The van der Waals surface area contributed by atoms with Gasteiger partial charge in [0.05, 0.1) is 18.4 Å². The summed E-state index contributed by atoms with van der Waals surface area (Å²) in [6, 6.07) is 14.3. The second kappa shape index (κ2) is 8.17. The average molecular weight is 337 g/mol. The number of phenols is 1. The maximum atomic E-state index is 12.3. The number of ether oxygens (including phenoxy) is 1. The van der Waals surface area contributed by atoms with Crippen LogP contribution < -0.4 is 10.6 Å². The molecule has 0 fully saturated rings. The number of carbonyl (C=O) groups is 2. The predicted molar refractivity (Wildman–Crippen MR) is 91.8 cm³/mol. The Bertz CT molecular complexity index is 869. The fourth-order valence-electron chi connectivity index (χ4n) is 1.97. The van der Waals surface area contributed by atoms with Crippen LogP contribution in [0.2, 0.25) is 0 Å². The van der Waals surface area contributed by atoms with Gasteiger partial charge >= 0.3 is 5.97 Å². The molecular formula is C18H15N3O4. The Kier molecular flexibility index (Phi) is 5.74. The molecule has 3 N–H and O–H groups in total. The van der Waals surface area contributed by atoms with Crippen LogP contribution in [0.1, 0.15) is 10.4 Å². The molecule has 0 unspecified atom stereocenters. The Balaban J connectivity index is 2.17. The zero-order chi connectivity index (χ0) is 18.2. The van der Waals surface area contributed by atoms with Gasteiger partial charge in [-0.3, -0.25) is 4.79 Å². The van der Waals surface area contributed by atoms with Crippen LogP contribution in [0, 0.1) is 11.3 Å². The number of methoxy groups -OCH3 is 1. The molecule has 0 aliphatic heterocycles. The highest BCUT2D eigenvalue weighted by Gasteiger charge is 2.15. The van der Waals surface area contributed by atoms with E-state index in [1.807, 2.05) is 0 Å². The van der Waals surface area contributed by atoms with Crippen LogP contribution in [-0.4, -0.2) is 24.1 Å². The first-order valence-corrected chi connectivity index (χ1v) is 7.19. The summed E-state index contributed by atoms with van der Waals surface area (Å²) >= 11 is 0. The minimum absolute atomic E-state index is 0.0494. The smallest absolute Gasteiger partial charge is 0.339 e. The van der Waals surface area contributed by atoms with Crippen molar-refractivity contribution in [3.05, 3.63) is 65.9 Å². The topological polar surface area (TPSA) is 111 Å². The summed E-state index contributed by atoms with van der Waals surface area (Å²) in [6.45, 7) is 0. The molecule has 0 spiro atoms. The summed E-state index contributed by atoms with van der Waals surface area (Å²) in [6.07, 6.45) is 1.21. The van der Waals surface area contributed by atoms with Crippen molar-refractivity contribution in [2.75, 3.05) is 17.7 Å². The first-order chi connectivity index (χ1) is 12.0. The molecule has 0 radical (unpaired) electrons. The molecule has 126 valence electrons. The number of amides is 1. The number of rotatable bonds is 5. The monoisotopic (exact) mass is 337 g/mol. The van der Waals surface area contributed by atoms with E-state index >= 15 is 0 Å². The molecule has 0 aromatic heterocycles. The van der Waals surface area contributed by atoms with Gasteiger partial charge in [0.2, 0.25) is 0 Å². The normalized spacial score (nSPS) is 10.5. The lowest BCUT2D eigenvalue weighted by molar-refractivity contribution is -0.112. The number of anilines is 2. The molecular weight excluding hydrogens is 322 g/mol. The van der Waals surface area contributed by atoms with Gasteiger partial charge in [-0.25, -0.2) is 4.79 Å². The van der Waals surface area contributed by atoms with E-state index in [1.54, 1.807) is 30.3 Å². The third-order valence-corrected chi connectivity index (χ3v) is 3.17. The van der Waals surface area contributed by atoms with Crippen molar-refractivity contribution >= 4 is 23.3 Å². The molecule has 0 aliphatic carbocycles. The number of nitriles is 1. The van der Waals surface area contributed by atoms with E-state index in [-0.39, 0.29) is 22.6 Å². The highest BCUT2D eigenvalue weighted by molar-refractivity contribution is 6.09. The third-order valence-electron chi connectivity index (χ3n) is 3.17. The van der Waals surface area contributed by atoms with E-state index in [0.29, 0.717) is 5.69 Å². The number of hydrogen-bond acceptors (Lipinski definition) is 6. The highest BCUT2D eigenvalue weighted by atomic mass is 16.5. The third kappa shape index (κ3) is 4.59. The van der Waals surface area contributed by atoms with Crippen LogP contribution in [0.4, 0.5) is 11.4 Å². The van der Waals surface area contributed by atoms with Gasteiger partial charge in [-0.1, -0.05) is 18.2 Å². The molecule has 7 nitrogen and oxygen atoms in total. The van der Waals surface area contributed by atoms with Gasteiger partial charge in [-0.15, -0.1) is 0 Å². The molecule has 2 rings (SSSR count). The second-order valence-electron chi connectivity index (χ2n) is 4.86. The van der Waals surface area contributed by atoms with E-state index in [0.717, 1.165) is 0 Å². The lowest BCUT2D eigenvalue weighted by Crippen LogP contribution is -2.17. The van der Waals surface area contributed by atoms with Gasteiger partial charge in [0.1, 0.15) is 17.4 Å². The van der Waals surface area contributed by atoms with Crippen LogP contribution in [0.5, 0.6) is 5.75 Å². The number of hydrogen-bond donors (Lipinski definition) is 3. The highest BCUT2D eigenvalue weighted by Crippen LogP contribution is 2.18. The number of phenolic OH excluding ortho intramolecular Hbond substituents is 1. The molecule has 7 heteroatoms. The maximum absolute atomic E-state index is 12.3. The summed E-state index contributed by atoms with van der Waals surface area (Å²) in [5.74, 6) is -1.24. The minimum atomic E-state index is -0.688. The van der Waals surface area contributed by atoms with E-state index in [9.17, 15) is 20.0 Å². The molecule has 0 aliphatic rings. The summed E-state index contributed by atoms with van der Waals surface area (Å²) in [5, 5.41) is 23.8. The van der Waals surface area contributed by atoms with Gasteiger partial charge in [0.15, 0.2) is 0 Å². The number of carbonyl (C=O) groups excluding carboxylic acids is 2. The van der Waals surface area contributed by atoms with E-state index in [2.05, 4.69) is 15.4 Å². The van der Waals surface area contributed by atoms with Crippen molar-refractivity contribution in [2.45, 2.75) is 0 Å². The fourth-order valence-corrected chi connectivity index (χ4v) is 1.97. The number of benzene rings is 2. The molecule has 0 saturated carbocycles. The van der Waals surface area contributed by atoms with E-state index in [1.165, 1.54) is 37.6 Å². The summed E-state index contributed by atoms with van der Waals surface area (Å²) < 4.78 is 4.66. The van der Waals surface area contributed by atoms with Gasteiger partial charge < -0.3 is 20.5 Å². The lowest BCUT2D eigenvalue weighted by Gasteiger charge is -2.09. The Morgan fingerprint density at radius 2 is 1.96 bits per heavy atom. The Morgan fingerprint density at radius 1 is 1.20 bits per heavy atom. The fraction of sp³-hybridized carbons (Fsp3) is 0.0556. The molecule has 1 amide bonds. The molecule has 0 bridgehead atoms. The van der Waals surface area contributed by atoms with Gasteiger partial charge in [-0.2, -0.15) is 5.26 Å². The van der Waals surface area contributed by atoms with Crippen LogP contribution >= 0.6 is 0 Å². The Hall–Kier alpha value is -3.79. The van der Waals surface area contributed by atoms with Crippen LogP contribution in [0.3, 0.4) is 0 Å². The van der Waals surface area contributed by atoms with Crippen molar-refractivity contribution in [3.8, 4) is 11.8 Å². The molecule has 0 atom stereocenters. The molecule has 25 heavy (non-hydrogen) atoms. The summed E-state index contributed by atoms with van der Waals surface area (Å²) in [5.41, 5.74) is 0.716. The number of nitrogens with zero attached hydrogens (tertiary/aromatic N) is 1. The number of nitrogens with one attached hydrogen (secondary N) is 2. The molecule has 0 heterocycles. The van der Waals surface area contributed by atoms with Crippen LogP contribution in [0.25, 0.3) is 0 Å². The molecule has 0 saturated heterocycles. The van der Waals surface area contributed by atoms with E-state index < -0.39 is 11.9 Å². The van der Waals surface area contributed by atoms with E-state index in [4.69, 9.17) is 0 Å². The Morgan fingerprint density at radius 3 is 2.64 bits per heavy atom. The molecule has 2 aromatic rings. The van der Waals surface area contributed by atoms with Crippen molar-refractivity contribution in [3.63, 3.8) is 0 Å².